The zero-order valence-electron chi connectivity index (χ0n) is 10.3. The number of rotatable bonds is 4. The average molecular weight is 329 g/mol. The lowest BCUT2D eigenvalue weighted by atomic mass is 10.2. The summed E-state index contributed by atoms with van der Waals surface area (Å²) in [5.41, 5.74) is -0.475. The molecular formula is C12H9ClN2O5S. The van der Waals surface area contributed by atoms with Gasteiger partial charge in [-0.1, -0.05) is 11.6 Å². The third-order valence-electron chi connectivity index (χ3n) is 2.50. The minimum absolute atomic E-state index is 0.114. The highest BCUT2D eigenvalue weighted by Gasteiger charge is 2.20. The lowest BCUT2D eigenvalue weighted by molar-refractivity contribution is 0.0696. The van der Waals surface area contributed by atoms with Gasteiger partial charge in [0.15, 0.2) is 0 Å². The second kappa shape index (κ2) is 5.58. The van der Waals surface area contributed by atoms with Crippen LogP contribution in [0.5, 0.6) is 0 Å². The number of aromatic amines is 1. The van der Waals surface area contributed by atoms with Crippen LogP contribution in [0.2, 0.25) is 5.02 Å². The Morgan fingerprint density at radius 1 is 1.24 bits per heavy atom. The predicted molar refractivity (Wildman–Crippen MR) is 76.3 cm³/mol. The smallest absolute Gasteiger partial charge is 0.335 e. The van der Waals surface area contributed by atoms with Gasteiger partial charge in [-0.2, -0.15) is 0 Å². The summed E-state index contributed by atoms with van der Waals surface area (Å²) in [6, 6.07) is 5.76. The van der Waals surface area contributed by atoms with Crippen LogP contribution in [0.1, 0.15) is 10.4 Å². The molecule has 0 atom stereocenters. The molecule has 0 amide bonds. The highest BCUT2D eigenvalue weighted by atomic mass is 35.5. The number of sulfonamides is 1. The van der Waals surface area contributed by atoms with Crippen LogP contribution < -0.4 is 10.3 Å². The van der Waals surface area contributed by atoms with Crippen LogP contribution in [0.3, 0.4) is 0 Å². The van der Waals surface area contributed by atoms with E-state index in [4.69, 9.17) is 16.7 Å². The van der Waals surface area contributed by atoms with Crippen LogP contribution in [0.4, 0.5) is 5.69 Å². The van der Waals surface area contributed by atoms with Gasteiger partial charge in [0.05, 0.1) is 16.3 Å². The first-order valence-corrected chi connectivity index (χ1v) is 7.40. The molecule has 21 heavy (non-hydrogen) atoms. The molecule has 1 aromatic carbocycles. The first kappa shape index (κ1) is 15.1. The lowest BCUT2D eigenvalue weighted by Gasteiger charge is -2.09. The summed E-state index contributed by atoms with van der Waals surface area (Å²) in [6.45, 7) is 0. The summed E-state index contributed by atoms with van der Waals surface area (Å²) in [5, 5.41) is 8.77. The SMILES string of the molecule is O=C(O)c1ccc(Cl)c(S(=O)(=O)Nc2ccc(=O)[nH]c2)c1. The summed E-state index contributed by atoms with van der Waals surface area (Å²) in [4.78, 5) is 23.7. The van der Waals surface area contributed by atoms with Crippen LogP contribution in [0.25, 0.3) is 0 Å². The van der Waals surface area contributed by atoms with Gasteiger partial charge in [-0.05, 0) is 24.3 Å². The molecule has 0 aliphatic rings. The van der Waals surface area contributed by atoms with Crippen molar-refractivity contribution in [1.82, 2.24) is 4.98 Å². The van der Waals surface area contributed by atoms with Crippen molar-refractivity contribution in [2.45, 2.75) is 4.90 Å². The zero-order chi connectivity index (χ0) is 15.6. The molecule has 2 aromatic rings. The predicted octanol–water partition coefficient (Wildman–Crippen LogP) is 1.53. The Hall–Kier alpha value is -2.32. The fraction of sp³-hybridized carbons (Fsp3) is 0. The van der Waals surface area contributed by atoms with E-state index in [-0.39, 0.29) is 26.7 Å². The molecule has 1 heterocycles. The molecule has 3 N–H and O–H groups in total. The zero-order valence-corrected chi connectivity index (χ0v) is 11.9. The maximum Gasteiger partial charge on any atom is 0.335 e. The van der Waals surface area contributed by atoms with Crippen LogP contribution in [-0.4, -0.2) is 24.5 Å². The maximum atomic E-state index is 12.2. The Balaban J connectivity index is 2.44. The number of anilines is 1. The molecule has 0 fully saturated rings. The molecule has 1 aromatic heterocycles. The first-order valence-electron chi connectivity index (χ1n) is 5.54. The maximum absolute atomic E-state index is 12.2. The monoisotopic (exact) mass is 328 g/mol. The van der Waals surface area contributed by atoms with E-state index in [0.717, 1.165) is 12.1 Å². The summed E-state index contributed by atoms with van der Waals surface area (Å²) < 4.78 is 26.6. The van der Waals surface area contributed by atoms with Gasteiger partial charge in [-0.3, -0.25) is 9.52 Å². The van der Waals surface area contributed by atoms with Gasteiger partial charge in [-0.25, -0.2) is 13.2 Å². The Kier molecular flexibility index (Phi) is 4.01. The molecular weight excluding hydrogens is 320 g/mol. The van der Waals surface area contributed by atoms with E-state index in [9.17, 15) is 18.0 Å². The van der Waals surface area contributed by atoms with Gasteiger partial charge in [0, 0.05) is 12.3 Å². The van der Waals surface area contributed by atoms with Crippen molar-refractivity contribution in [3.8, 4) is 0 Å². The van der Waals surface area contributed by atoms with Gasteiger partial charge in [0.25, 0.3) is 10.0 Å². The van der Waals surface area contributed by atoms with E-state index in [1.165, 1.54) is 24.4 Å². The standard InChI is InChI=1S/C12H9ClN2O5S/c13-9-3-1-7(12(17)18)5-10(9)21(19,20)15-8-2-4-11(16)14-6-8/h1-6,15H,(H,14,16)(H,17,18). The van der Waals surface area contributed by atoms with Crippen LogP contribution in [-0.2, 0) is 10.0 Å². The summed E-state index contributed by atoms with van der Waals surface area (Å²) >= 11 is 5.81. The molecule has 0 saturated heterocycles. The number of pyridine rings is 1. The topological polar surface area (TPSA) is 116 Å². The number of hydrogen-bond donors (Lipinski definition) is 3. The molecule has 0 unspecified atom stereocenters. The number of nitrogens with one attached hydrogen (secondary N) is 2. The van der Waals surface area contributed by atoms with E-state index in [2.05, 4.69) is 9.71 Å². The first-order chi connectivity index (χ1) is 9.79. The molecule has 110 valence electrons. The van der Waals surface area contributed by atoms with Gasteiger partial charge >= 0.3 is 5.97 Å². The highest BCUT2D eigenvalue weighted by Crippen LogP contribution is 2.24. The molecule has 0 aliphatic heterocycles. The summed E-state index contributed by atoms with van der Waals surface area (Å²) in [5.74, 6) is -1.27. The Morgan fingerprint density at radius 3 is 2.52 bits per heavy atom. The van der Waals surface area contributed by atoms with Crippen molar-refractivity contribution in [2.75, 3.05) is 4.72 Å². The van der Waals surface area contributed by atoms with Crippen LogP contribution >= 0.6 is 11.6 Å². The van der Waals surface area contributed by atoms with Crippen molar-refractivity contribution in [2.24, 2.45) is 0 Å². The van der Waals surface area contributed by atoms with E-state index in [1.807, 2.05) is 0 Å². The van der Waals surface area contributed by atoms with E-state index < -0.39 is 16.0 Å². The minimum atomic E-state index is -4.08. The lowest BCUT2D eigenvalue weighted by Crippen LogP contribution is -2.15. The van der Waals surface area contributed by atoms with Crippen molar-refractivity contribution in [3.63, 3.8) is 0 Å². The average Bonchev–Trinajstić information content (AvgIpc) is 2.41. The fourth-order valence-corrected chi connectivity index (χ4v) is 3.10. The Morgan fingerprint density at radius 2 is 1.95 bits per heavy atom. The largest absolute Gasteiger partial charge is 0.478 e. The van der Waals surface area contributed by atoms with Gasteiger partial charge in [0.1, 0.15) is 4.90 Å². The molecule has 2 rings (SSSR count). The number of hydrogen-bond acceptors (Lipinski definition) is 4. The van der Waals surface area contributed by atoms with E-state index in [0.29, 0.717) is 0 Å². The third kappa shape index (κ3) is 3.41. The quantitative estimate of drug-likeness (QED) is 0.787. The highest BCUT2D eigenvalue weighted by molar-refractivity contribution is 7.92. The van der Waals surface area contributed by atoms with Crippen molar-refractivity contribution >= 4 is 33.3 Å². The molecule has 0 aliphatic carbocycles. The van der Waals surface area contributed by atoms with Crippen molar-refractivity contribution < 1.29 is 18.3 Å². The molecule has 0 spiro atoms. The van der Waals surface area contributed by atoms with Crippen molar-refractivity contribution in [3.05, 3.63) is 57.5 Å². The van der Waals surface area contributed by atoms with Crippen molar-refractivity contribution in [1.29, 1.82) is 0 Å². The number of carboxylic acid groups (broad SMARTS) is 1. The number of aromatic nitrogens is 1. The van der Waals surface area contributed by atoms with Gasteiger partial charge in [-0.15, -0.1) is 0 Å². The third-order valence-corrected chi connectivity index (χ3v) is 4.37. The number of carbonyl (C=O) groups is 1. The Bertz CT molecular complexity index is 840. The normalized spacial score (nSPS) is 11.1. The fourth-order valence-electron chi connectivity index (χ4n) is 1.53. The summed E-state index contributed by atoms with van der Waals surface area (Å²) in [7, 11) is -4.08. The molecule has 9 heteroatoms. The number of benzene rings is 1. The number of H-pyrrole nitrogens is 1. The molecule has 0 saturated carbocycles. The van der Waals surface area contributed by atoms with Gasteiger partial charge < -0.3 is 10.1 Å². The molecule has 0 bridgehead atoms. The Labute approximate surface area is 124 Å². The minimum Gasteiger partial charge on any atom is -0.478 e. The van der Waals surface area contributed by atoms with Gasteiger partial charge in [0.2, 0.25) is 5.56 Å². The number of aromatic carboxylic acids is 1. The second-order valence-electron chi connectivity index (χ2n) is 4.00. The number of carboxylic acids is 1. The van der Waals surface area contributed by atoms with E-state index in [1.54, 1.807) is 0 Å². The number of halogens is 1. The molecule has 7 nitrogen and oxygen atoms in total. The van der Waals surface area contributed by atoms with Crippen LogP contribution in [0.15, 0.2) is 46.2 Å². The second-order valence-corrected chi connectivity index (χ2v) is 6.06. The van der Waals surface area contributed by atoms with E-state index >= 15 is 0 Å². The van der Waals surface area contributed by atoms with Crippen LogP contribution in [0, 0.1) is 0 Å². The summed E-state index contributed by atoms with van der Waals surface area (Å²) in [6.07, 6.45) is 1.18. The molecule has 0 radical (unpaired) electrons.